The number of carbonyl (C=O) groups is 1. The number of furan rings is 1. The molecule has 1 heterocycles. The predicted octanol–water partition coefficient (Wildman–Crippen LogP) is 5.17. The molecule has 1 amide bonds. The maximum atomic E-state index is 12.5. The van der Waals surface area contributed by atoms with E-state index < -0.39 is 10.0 Å². The van der Waals surface area contributed by atoms with Gasteiger partial charge in [-0.1, -0.05) is 18.2 Å². The SMILES string of the molecule is CCOc1ccc(N(CCCC(=O)Nc2ccc3c(c2)oc2ccccc23)S(C)(=O)=O)cc1. The van der Waals surface area contributed by atoms with Gasteiger partial charge in [-0.3, -0.25) is 9.10 Å². The van der Waals surface area contributed by atoms with Crippen LogP contribution in [0.3, 0.4) is 0 Å². The van der Waals surface area contributed by atoms with Gasteiger partial charge in [0, 0.05) is 35.5 Å². The molecule has 0 bridgehead atoms. The highest BCUT2D eigenvalue weighted by atomic mass is 32.2. The first-order valence-corrected chi connectivity index (χ1v) is 12.6. The van der Waals surface area contributed by atoms with E-state index in [1.165, 1.54) is 4.31 Å². The molecule has 0 aliphatic carbocycles. The van der Waals surface area contributed by atoms with Crippen LogP contribution in [0.15, 0.2) is 71.1 Å². The van der Waals surface area contributed by atoms with Crippen LogP contribution in [-0.2, 0) is 14.8 Å². The Morgan fingerprint density at radius 3 is 2.45 bits per heavy atom. The first-order chi connectivity index (χ1) is 15.8. The van der Waals surface area contributed by atoms with E-state index >= 15 is 0 Å². The van der Waals surface area contributed by atoms with E-state index in [4.69, 9.17) is 9.15 Å². The molecule has 0 unspecified atom stereocenters. The van der Waals surface area contributed by atoms with Crippen molar-refractivity contribution >= 4 is 49.2 Å². The zero-order valence-electron chi connectivity index (χ0n) is 18.6. The number of rotatable bonds is 9. The smallest absolute Gasteiger partial charge is 0.232 e. The van der Waals surface area contributed by atoms with Gasteiger partial charge in [0.15, 0.2) is 0 Å². The lowest BCUT2D eigenvalue weighted by atomic mass is 10.1. The molecule has 0 spiro atoms. The van der Waals surface area contributed by atoms with Crippen molar-refractivity contribution in [3.8, 4) is 5.75 Å². The first kappa shape index (κ1) is 22.7. The zero-order chi connectivity index (χ0) is 23.4. The monoisotopic (exact) mass is 466 g/mol. The second kappa shape index (κ2) is 9.54. The summed E-state index contributed by atoms with van der Waals surface area (Å²) in [6, 6.07) is 20.2. The molecule has 0 saturated carbocycles. The number of benzene rings is 3. The number of sulfonamides is 1. The number of nitrogens with zero attached hydrogens (tertiary/aromatic N) is 1. The van der Waals surface area contributed by atoms with E-state index in [1.807, 2.05) is 43.3 Å². The van der Waals surface area contributed by atoms with Crippen LogP contribution in [0.4, 0.5) is 11.4 Å². The summed E-state index contributed by atoms with van der Waals surface area (Å²) in [5, 5.41) is 4.89. The number of ether oxygens (including phenoxy) is 1. The van der Waals surface area contributed by atoms with Crippen molar-refractivity contribution < 1.29 is 22.4 Å². The van der Waals surface area contributed by atoms with Gasteiger partial charge in [0.2, 0.25) is 15.9 Å². The summed E-state index contributed by atoms with van der Waals surface area (Å²) in [5.41, 5.74) is 2.67. The molecular weight excluding hydrogens is 440 g/mol. The van der Waals surface area contributed by atoms with Crippen LogP contribution in [0.5, 0.6) is 5.75 Å². The van der Waals surface area contributed by atoms with E-state index in [0.29, 0.717) is 35.7 Å². The van der Waals surface area contributed by atoms with E-state index in [-0.39, 0.29) is 18.9 Å². The Kier molecular flexibility index (Phi) is 6.55. The molecule has 33 heavy (non-hydrogen) atoms. The van der Waals surface area contributed by atoms with E-state index in [0.717, 1.165) is 22.6 Å². The van der Waals surface area contributed by atoms with Crippen LogP contribution in [0.1, 0.15) is 19.8 Å². The number of fused-ring (bicyclic) bond motifs is 3. The molecule has 172 valence electrons. The molecule has 0 aliphatic rings. The summed E-state index contributed by atoms with van der Waals surface area (Å²) < 4.78 is 37.2. The highest BCUT2D eigenvalue weighted by Crippen LogP contribution is 2.30. The van der Waals surface area contributed by atoms with Crippen LogP contribution < -0.4 is 14.4 Å². The summed E-state index contributed by atoms with van der Waals surface area (Å²) in [6.45, 7) is 2.62. The number of anilines is 2. The Bertz CT molecular complexity index is 1380. The minimum Gasteiger partial charge on any atom is -0.494 e. The maximum absolute atomic E-state index is 12.5. The highest BCUT2D eigenvalue weighted by molar-refractivity contribution is 7.92. The predicted molar refractivity (Wildman–Crippen MR) is 131 cm³/mol. The molecule has 8 heteroatoms. The second-order valence-corrected chi connectivity index (χ2v) is 9.63. The van der Waals surface area contributed by atoms with Gasteiger partial charge in [-0.05, 0) is 55.8 Å². The minimum atomic E-state index is -3.49. The van der Waals surface area contributed by atoms with Gasteiger partial charge in [-0.2, -0.15) is 0 Å². The lowest BCUT2D eigenvalue weighted by Gasteiger charge is -2.22. The lowest BCUT2D eigenvalue weighted by Crippen LogP contribution is -2.31. The van der Waals surface area contributed by atoms with Gasteiger partial charge in [-0.25, -0.2) is 8.42 Å². The fraction of sp³-hybridized carbons (Fsp3) is 0.240. The van der Waals surface area contributed by atoms with Crippen molar-refractivity contribution in [1.82, 2.24) is 0 Å². The third-order valence-corrected chi connectivity index (χ3v) is 6.46. The van der Waals surface area contributed by atoms with Crippen molar-refractivity contribution in [1.29, 1.82) is 0 Å². The van der Waals surface area contributed by atoms with Gasteiger partial charge in [-0.15, -0.1) is 0 Å². The highest BCUT2D eigenvalue weighted by Gasteiger charge is 2.18. The molecular formula is C25H26N2O5S. The van der Waals surface area contributed by atoms with Crippen molar-refractivity contribution in [2.45, 2.75) is 19.8 Å². The largest absolute Gasteiger partial charge is 0.494 e. The number of amides is 1. The normalized spacial score (nSPS) is 11.6. The Morgan fingerprint density at radius 2 is 1.73 bits per heavy atom. The molecule has 0 radical (unpaired) electrons. The molecule has 3 aromatic carbocycles. The molecule has 1 aromatic heterocycles. The number of para-hydroxylation sites is 1. The van der Waals surface area contributed by atoms with Crippen LogP contribution in [0.25, 0.3) is 21.9 Å². The van der Waals surface area contributed by atoms with Crippen LogP contribution in [0, 0.1) is 0 Å². The van der Waals surface area contributed by atoms with Gasteiger partial charge < -0.3 is 14.5 Å². The molecule has 0 fully saturated rings. The standard InChI is InChI=1S/C25H26N2O5S/c1-3-31-20-13-11-19(12-14-20)27(33(2,29)30)16-6-9-25(28)26-18-10-15-22-21-7-4-5-8-23(21)32-24(22)17-18/h4-5,7-8,10-15,17H,3,6,9,16H2,1-2H3,(H,26,28). The summed E-state index contributed by atoms with van der Waals surface area (Å²) in [7, 11) is -3.49. The fourth-order valence-electron chi connectivity index (χ4n) is 3.77. The number of carbonyl (C=O) groups excluding carboxylic acids is 1. The number of nitrogens with one attached hydrogen (secondary N) is 1. The first-order valence-electron chi connectivity index (χ1n) is 10.8. The van der Waals surface area contributed by atoms with E-state index in [1.54, 1.807) is 30.3 Å². The average molecular weight is 467 g/mol. The minimum absolute atomic E-state index is 0.182. The molecule has 4 rings (SSSR count). The van der Waals surface area contributed by atoms with Crippen LogP contribution in [0.2, 0.25) is 0 Å². The summed E-state index contributed by atoms with van der Waals surface area (Å²) in [4.78, 5) is 12.5. The Labute approximate surface area is 193 Å². The van der Waals surface area contributed by atoms with Gasteiger partial charge in [0.25, 0.3) is 0 Å². The van der Waals surface area contributed by atoms with Crippen molar-refractivity contribution in [2.24, 2.45) is 0 Å². The van der Waals surface area contributed by atoms with Crippen LogP contribution >= 0.6 is 0 Å². The van der Waals surface area contributed by atoms with Crippen molar-refractivity contribution in [2.75, 3.05) is 29.0 Å². The number of hydrogen-bond acceptors (Lipinski definition) is 5. The van der Waals surface area contributed by atoms with Crippen molar-refractivity contribution in [3.05, 3.63) is 66.7 Å². The van der Waals surface area contributed by atoms with E-state index in [9.17, 15) is 13.2 Å². The number of hydrogen-bond donors (Lipinski definition) is 1. The summed E-state index contributed by atoms with van der Waals surface area (Å²) in [5.74, 6) is 0.487. The Balaban J connectivity index is 1.38. The molecule has 0 saturated heterocycles. The molecule has 7 nitrogen and oxygen atoms in total. The maximum Gasteiger partial charge on any atom is 0.232 e. The summed E-state index contributed by atoms with van der Waals surface area (Å²) in [6.07, 6.45) is 1.71. The summed E-state index contributed by atoms with van der Waals surface area (Å²) >= 11 is 0. The van der Waals surface area contributed by atoms with Crippen molar-refractivity contribution in [3.63, 3.8) is 0 Å². The van der Waals surface area contributed by atoms with Crippen LogP contribution in [-0.4, -0.2) is 33.7 Å². The van der Waals surface area contributed by atoms with E-state index in [2.05, 4.69) is 5.32 Å². The average Bonchev–Trinajstić information content (AvgIpc) is 3.14. The topological polar surface area (TPSA) is 88.8 Å². The molecule has 0 aliphatic heterocycles. The lowest BCUT2D eigenvalue weighted by molar-refractivity contribution is -0.116. The van der Waals surface area contributed by atoms with Gasteiger partial charge >= 0.3 is 0 Å². The fourth-order valence-corrected chi connectivity index (χ4v) is 4.74. The third kappa shape index (κ3) is 5.28. The Morgan fingerprint density at radius 1 is 1.00 bits per heavy atom. The quantitative estimate of drug-likeness (QED) is 0.368. The molecule has 0 atom stereocenters. The van der Waals surface area contributed by atoms with Gasteiger partial charge in [0.05, 0.1) is 18.6 Å². The van der Waals surface area contributed by atoms with Gasteiger partial charge in [0.1, 0.15) is 16.9 Å². The second-order valence-electron chi connectivity index (χ2n) is 7.72. The molecule has 4 aromatic rings. The molecule has 1 N–H and O–H groups in total. The zero-order valence-corrected chi connectivity index (χ0v) is 19.4. The third-order valence-electron chi connectivity index (χ3n) is 5.26. The Hall–Kier alpha value is -3.52.